The molecule has 2 aromatic carbocycles. The normalized spacial score (nSPS) is 11.5. The van der Waals surface area contributed by atoms with Crippen molar-refractivity contribution in [1.82, 2.24) is 0 Å². The van der Waals surface area contributed by atoms with Crippen molar-refractivity contribution in [3.8, 4) is 0 Å². The molecule has 0 saturated carbocycles. The first-order valence-corrected chi connectivity index (χ1v) is 6.93. The van der Waals surface area contributed by atoms with Crippen LogP contribution in [0.5, 0.6) is 0 Å². The maximum atomic E-state index is 9.49. The molecule has 0 saturated heterocycles. The lowest BCUT2D eigenvalue weighted by atomic mass is 9.99. The third-order valence-electron chi connectivity index (χ3n) is 3.18. The number of aliphatic hydroxyl groups is 1. The summed E-state index contributed by atoms with van der Waals surface area (Å²) in [4.78, 5) is 4.32. The van der Waals surface area contributed by atoms with Crippen molar-refractivity contribution >= 4 is 0 Å². The van der Waals surface area contributed by atoms with Gasteiger partial charge in [0.25, 0.3) is 0 Å². The molecule has 0 aliphatic rings. The van der Waals surface area contributed by atoms with Crippen molar-refractivity contribution in [2.24, 2.45) is 0 Å². The van der Waals surface area contributed by atoms with Crippen LogP contribution < -0.4 is 0 Å². The van der Waals surface area contributed by atoms with Crippen LogP contribution in [0.4, 0.5) is 0 Å². The van der Waals surface area contributed by atoms with Gasteiger partial charge >= 0.3 is 0 Å². The van der Waals surface area contributed by atoms with Gasteiger partial charge in [-0.2, -0.15) is 0 Å². The maximum absolute atomic E-state index is 9.49. The van der Waals surface area contributed by atoms with Crippen LogP contribution in [0.25, 0.3) is 0 Å². The van der Waals surface area contributed by atoms with Gasteiger partial charge < -0.3 is 5.11 Å². The summed E-state index contributed by atoms with van der Waals surface area (Å²) in [5.41, 5.74) is 0.597. The highest BCUT2D eigenvalue weighted by Crippen LogP contribution is 2.22. The lowest BCUT2D eigenvalue weighted by Gasteiger charge is -2.20. The Kier molecular flexibility index (Phi) is 6.09. The fourth-order valence-corrected chi connectivity index (χ4v) is 1.74. The van der Waals surface area contributed by atoms with Crippen LogP contribution in [0.2, 0.25) is 0 Å². The first-order valence-electron chi connectivity index (χ1n) is 6.93. The largest absolute Gasteiger partial charge is 0.386 e. The van der Waals surface area contributed by atoms with Crippen molar-refractivity contribution in [3.63, 3.8) is 0 Å². The molecule has 2 aromatic rings. The molecule has 21 heavy (non-hydrogen) atoms. The molecule has 0 atom stereocenters. The molecule has 0 spiro atoms. The van der Waals surface area contributed by atoms with Gasteiger partial charge in [0.1, 0.15) is 5.60 Å². The van der Waals surface area contributed by atoms with Crippen LogP contribution in [0.3, 0.4) is 0 Å². The molecule has 0 radical (unpaired) electrons. The van der Waals surface area contributed by atoms with Crippen LogP contribution >= 0.6 is 0 Å². The van der Waals surface area contributed by atoms with E-state index in [9.17, 15) is 5.11 Å². The van der Waals surface area contributed by atoms with E-state index in [0.29, 0.717) is 0 Å². The Hall–Kier alpha value is -1.68. The summed E-state index contributed by atoms with van der Waals surface area (Å²) in [7, 11) is 0. The second-order valence-electron chi connectivity index (χ2n) is 5.89. The van der Waals surface area contributed by atoms with Crippen LogP contribution in [-0.2, 0) is 16.1 Å². The molecule has 0 aliphatic carbocycles. The highest BCUT2D eigenvalue weighted by atomic mass is 17.1. The molecule has 0 unspecified atom stereocenters. The Labute approximate surface area is 126 Å². The van der Waals surface area contributed by atoms with Gasteiger partial charge in [-0.25, -0.2) is 4.89 Å². The molecular weight excluding hydrogens is 264 g/mol. The van der Waals surface area contributed by atoms with E-state index in [0.717, 1.165) is 11.1 Å². The third-order valence-corrected chi connectivity index (χ3v) is 3.18. The predicted octanol–water partition coefficient (Wildman–Crippen LogP) is 4.33. The Morgan fingerprint density at radius 2 is 1.10 bits per heavy atom. The molecule has 3 heteroatoms. The summed E-state index contributed by atoms with van der Waals surface area (Å²) in [6, 6.07) is 19.2. The van der Waals surface area contributed by atoms with Crippen molar-refractivity contribution in [2.75, 3.05) is 0 Å². The molecule has 3 nitrogen and oxygen atoms in total. The average Bonchev–Trinajstić information content (AvgIpc) is 2.49. The summed E-state index contributed by atoms with van der Waals surface area (Å²) in [6.45, 7) is 7.18. The van der Waals surface area contributed by atoms with Crippen LogP contribution in [0.15, 0.2) is 60.7 Å². The van der Waals surface area contributed by atoms with Gasteiger partial charge in [0, 0.05) is 0 Å². The van der Waals surface area contributed by atoms with Crippen molar-refractivity contribution in [3.05, 3.63) is 71.8 Å². The minimum Gasteiger partial charge on any atom is -0.386 e. The number of benzene rings is 2. The zero-order valence-electron chi connectivity index (χ0n) is 13.1. The lowest BCUT2D eigenvalue weighted by molar-refractivity contribution is -0.318. The van der Waals surface area contributed by atoms with Gasteiger partial charge in [0.2, 0.25) is 0 Å². The molecule has 114 valence electrons. The van der Waals surface area contributed by atoms with Gasteiger partial charge in [-0.1, -0.05) is 60.7 Å². The molecule has 0 fully saturated rings. The molecule has 2 rings (SSSR count). The van der Waals surface area contributed by atoms with Crippen LogP contribution in [-0.4, -0.2) is 10.4 Å². The van der Waals surface area contributed by atoms with Crippen molar-refractivity contribution in [2.45, 2.75) is 38.9 Å². The lowest BCUT2D eigenvalue weighted by Crippen LogP contribution is -2.19. The second kappa shape index (κ2) is 7.36. The highest BCUT2D eigenvalue weighted by Gasteiger charge is 2.20. The maximum Gasteiger partial charge on any atom is 0.123 e. The summed E-state index contributed by atoms with van der Waals surface area (Å²) in [5.74, 6) is 0. The van der Waals surface area contributed by atoms with E-state index in [1.54, 1.807) is 13.8 Å². The number of hydrogen-bond acceptors (Lipinski definition) is 3. The predicted molar refractivity (Wildman–Crippen MR) is 84.9 cm³/mol. The van der Waals surface area contributed by atoms with E-state index in [2.05, 4.69) is 4.89 Å². The SMILES string of the molecule is CC(C)(O)c1ccccc1.CC(C)(OO)c1ccccc1. The fraction of sp³-hybridized carbons (Fsp3) is 0.333. The summed E-state index contributed by atoms with van der Waals surface area (Å²) in [5, 5.41) is 18.0. The molecule has 0 aromatic heterocycles. The Bertz CT molecular complexity index is 513. The summed E-state index contributed by atoms with van der Waals surface area (Å²) in [6.07, 6.45) is 0. The zero-order valence-corrected chi connectivity index (χ0v) is 13.1. The van der Waals surface area contributed by atoms with Crippen molar-refractivity contribution < 1.29 is 15.3 Å². The van der Waals surface area contributed by atoms with Gasteiger partial charge in [-0.3, -0.25) is 5.26 Å². The van der Waals surface area contributed by atoms with Gasteiger partial charge in [-0.05, 0) is 38.8 Å². The van der Waals surface area contributed by atoms with E-state index in [1.807, 2.05) is 74.5 Å². The van der Waals surface area contributed by atoms with E-state index >= 15 is 0 Å². The molecule has 0 aliphatic heterocycles. The van der Waals surface area contributed by atoms with Crippen molar-refractivity contribution in [1.29, 1.82) is 0 Å². The monoisotopic (exact) mass is 288 g/mol. The van der Waals surface area contributed by atoms with E-state index < -0.39 is 11.2 Å². The quantitative estimate of drug-likeness (QED) is 0.653. The molecule has 0 bridgehead atoms. The van der Waals surface area contributed by atoms with E-state index in [1.165, 1.54) is 0 Å². The number of rotatable bonds is 3. The Balaban J connectivity index is 0.000000211. The minimum absolute atomic E-state index is 0.610. The van der Waals surface area contributed by atoms with E-state index in [-0.39, 0.29) is 0 Å². The second-order valence-corrected chi connectivity index (χ2v) is 5.89. The first-order chi connectivity index (χ1) is 9.77. The van der Waals surface area contributed by atoms with Crippen LogP contribution in [0.1, 0.15) is 38.8 Å². The third kappa shape index (κ3) is 5.68. The first kappa shape index (κ1) is 17.4. The molecule has 0 amide bonds. The van der Waals surface area contributed by atoms with E-state index in [4.69, 9.17) is 5.26 Å². The van der Waals surface area contributed by atoms with Crippen LogP contribution in [0, 0.1) is 0 Å². The highest BCUT2D eigenvalue weighted by molar-refractivity contribution is 5.21. The topological polar surface area (TPSA) is 49.7 Å². The molecule has 2 N–H and O–H groups in total. The smallest absolute Gasteiger partial charge is 0.123 e. The molecular formula is C18H24O3. The minimum atomic E-state index is -0.707. The average molecular weight is 288 g/mol. The Morgan fingerprint density at radius 3 is 1.38 bits per heavy atom. The summed E-state index contributed by atoms with van der Waals surface area (Å²) < 4.78 is 0. The Morgan fingerprint density at radius 1 is 0.714 bits per heavy atom. The number of hydrogen-bond donors (Lipinski definition) is 2. The summed E-state index contributed by atoms with van der Waals surface area (Å²) >= 11 is 0. The standard InChI is InChI=1S/C9H12O2.C9H12O/c1-9(2,11-10)8-6-4-3-5-7-8;1-9(2,10)8-6-4-3-5-7-8/h3-7,10H,1-2H3;3-7,10H,1-2H3. The molecule has 0 heterocycles. The zero-order chi connectivity index (χ0) is 15.9. The van der Waals surface area contributed by atoms with Gasteiger partial charge in [0.05, 0.1) is 5.60 Å². The fourth-order valence-electron chi connectivity index (χ4n) is 1.74. The van der Waals surface area contributed by atoms with Gasteiger partial charge in [0.15, 0.2) is 0 Å². The van der Waals surface area contributed by atoms with Gasteiger partial charge in [-0.15, -0.1) is 0 Å².